The van der Waals surface area contributed by atoms with Gasteiger partial charge in [0.2, 0.25) is 5.67 Å². The third-order valence-corrected chi connectivity index (χ3v) is 10.9. The number of carboxylic acids is 1. The van der Waals surface area contributed by atoms with Gasteiger partial charge in [0.1, 0.15) is 11.6 Å². The first-order valence-electron chi connectivity index (χ1n) is 16.4. The first-order valence-corrected chi connectivity index (χ1v) is 16.4. The van der Waals surface area contributed by atoms with Crippen molar-refractivity contribution in [1.29, 1.82) is 0 Å². The number of carbonyl (C=O) groups is 2. The smallest absolute Gasteiger partial charge is 0.306 e. The van der Waals surface area contributed by atoms with Crippen LogP contribution >= 0.6 is 0 Å². The summed E-state index contributed by atoms with van der Waals surface area (Å²) in [6, 6.07) is 12.4. The molecule has 4 aliphatic rings. The highest BCUT2D eigenvalue weighted by molar-refractivity contribution is 5.88. The molecule has 244 valence electrons. The average Bonchev–Trinajstić information content (AvgIpc) is 3.70. The number of halogens is 2. The molecule has 3 atom stereocenters. The van der Waals surface area contributed by atoms with Crippen LogP contribution in [-0.2, 0) is 14.3 Å². The Kier molecular flexibility index (Phi) is 9.34. The van der Waals surface area contributed by atoms with Crippen LogP contribution in [-0.4, -0.2) is 98.1 Å². The van der Waals surface area contributed by atoms with Crippen LogP contribution in [0.5, 0.6) is 5.75 Å². The fraction of sp³-hybridized carbons (Fsp3) is 0.600. The highest BCUT2D eigenvalue weighted by atomic mass is 19.1. The highest BCUT2D eigenvalue weighted by Crippen LogP contribution is 2.45. The van der Waals surface area contributed by atoms with E-state index in [0.29, 0.717) is 57.7 Å². The maximum absolute atomic E-state index is 17.5. The van der Waals surface area contributed by atoms with Crippen LogP contribution in [0.1, 0.15) is 67.9 Å². The second-order valence-corrected chi connectivity index (χ2v) is 13.3. The first kappa shape index (κ1) is 31.7. The molecule has 3 heterocycles. The number of hydrogen-bond acceptors (Lipinski definition) is 6. The molecule has 0 spiro atoms. The van der Waals surface area contributed by atoms with Crippen molar-refractivity contribution in [3.8, 4) is 5.75 Å². The molecule has 2 aromatic rings. The lowest BCUT2D eigenvalue weighted by molar-refractivity contribution is -0.143. The van der Waals surface area contributed by atoms with Gasteiger partial charge in [-0.3, -0.25) is 14.5 Å². The third-order valence-electron chi connectivity index (χ3n) is 10.9. The Bertz CT molecular complexity index is 1360. The number of carbonyl (C=O) groups excluding carboxylic acids is 1. The fourth-order valence-electron chi connectivity index (χ4n) is 8.16. The third kappa shape index (κ3) is 6.41. The summed E-state index contributed by atoms with van der Waals surface area (Å²) in [6.07, 6.45) is 5.59. The van der Waals surface area contributed by atoms with Gasteiger partial charge in [-0.05, 0) is 80.3 Å². The number of piperidine rings is 1. The van der Waals surface area contributed by atoms with Crippen molar-refractivity contribution in [2.24, 2.45) is 5.92 Å². The van der Waals surface area contributed by atoms with E-state index in [-0.39, 0.29) is 30.4 Å². The number of rotatable bonds is 8. The van der Waals surface area contributed by atoms with Gasteiger partial charge in [-0.1, -0.05) is 18.2 Å². The normalized spacial score (nSPS) is 29.7. The number of nitrogens with zero attached hydrogens (tertiary/aromatic N) is 3. The monoisotopic (exact) mass is 625 g/mol. The Morgan fingerprint density at radius 1 is 0.911 bits per heavy atom. The molecule has 2 aromatic carbocycles. The second kappa shape index (κ2) is 13.2. The predicted molar refractivity (Wildman–Crippen MR) is 167 cm³/mol. The SMILES string of the molecule is COc1ccc([C@@H]2CN([C@H]3CC[C@H](OC)CC3)C[C@@]2(F)C(=O)N2CC[C@@H](c3ccc(F)cc3N3CCC(C(=O)O)CC3)C2)cc1. The number of carboxylic acid groups (broad SMARTS) is 1. The molecule has 8 nitrogen and oxygen atoms in total. The van der Waals surface area contributed by atoms with Gasteiger partial charge < -0.3 is 24.4 Å². The summed E-state index contributed by atoms with van der Waals surface area (Å²) in [6.45, 7) is 2.39. The molecule has 0 radical (unpaired) electrons. The van der Waals surface area contributed by atoms with Crippen LogP contribution in [0, 0.1) is 11.7 Å². The number of ether oxygens (including phenoxy) is 2. The van der Waals surface area contributed by atoms with Gasteiger partial charge in [0.15, 0.2) is 0 Å². The maximum Gasteiger partial charge on any atom is 0.306 e. The molecule has 45 heavy (non-hydrogen) atoms. The Morgan fingerprint density at radius 2 is 1.62 bits per heavy atom. The molecule has 3 saturated heterocycles. The zero-order valence-electron chi connectivity index (χ0n) is 26.3. The zero-order chi connectivity index (χ0) is 31.7. The highest BCUT2D eigenvalue weighted by Gasteiger charge is 2.57. The van der Waals surface area contributed by atoms with Crippen LogP contribution in [0.3, 0.4) is 0 Å². The van der Waals surface area contributed by atoms with E-state index in [1.54, 1.807) is 25.2 Å². The fourth-order valence-corrected chi connectivity index (χ4v) is 8.16. The number of likely N-dealkylation sites (tertiary alicyclic amines) is 2. The molecule has 10 heteroatoms. The molecule has 0 aromatic heterocycles. The van der Waals surface area contributed by atoms with Gasteiger partial charge in [0.05, 0.1) is 19.1 Å². The lowest BCUT2D eigenvalue weighted by atomic mass is 9.85. The molecular weight excluding hydrogens is 580 g/mol. The van der Waals surface area contributed by atoms with E-state index in [1.807, 2.05) is 24.3 Å². The van der Waals surface area contributed by atoms with Gasteiger partial charge in [0, 0.05) is 69.9 Å². The van der Waals surface area contributed by atoms with Crippen molar-refractivity contribution in [3.05, 3.63) is 59.4 Å². The minimum absolute atomic E-state index is 0.0618. The second-order valence-electron chi connectivity index (χ2n) is 13.3. The van der Waals surface area contributed by atoms with Gasteiger partial charge in [0.25, 0.3) is 5.91 Å². The van der Waals surface area contributed by atoms with Gasteiger partial charge >= 0.3 is 5.97 Å². The molecule has 1 N–H and O–H groups in total. The van der Waals surface area contributed by atoms with E-state index < -0.39 is 29.4 Å². The first-order chi connectivity index (χ1) is 21.7. The van der Waals surface area contributed by atoms with E-state index in [2.05, 4.69) is 9.80 Å². The molecule has 1 saturated carbocycles. The number of anilines is 1. The van der Waals surface area contributed by atoms with Crippen molar-refractivity contribution < 1.29 is 33.0 Å². The summed E-state index contributed by atoms with van der Waals surface area (Å²) in [5.74, 6) is -1.98. The van der Waals surface area contributed by atoms with Crippen molar-refractivity contribution in [1.82, 2.24) is 9.80 Å². The van der Waals surface area contributed by atoms with Gasteiger partial charge in [-0.2, -0.15) is 0 Å². The van der Waals surface area contributed by atoms with E-state index in [0.717, 1.165) is 42.5 Å². The lowest BCUT2D eigenvalue weighted by Gasteiger charge is -2.35. The maximum atomic E-state index is 17.5. The van der Waals surface area contributed by atoms with E-state index in [9.17, 15) is 19.1 Å². The van der Waals surface area contributed by atoms with Crippen LogP contribution in [0.15, 0.2) is 42.5 Å². The lowest BCUT2D eigenvalue weighted by Crippen LogP contribution is -2.50. The molecule has 4 fully saturated rings. The summed E-state index contributed by atoms with van der Waals surface area (Å²) in [5, 5.41) is 9.42. The predicted octanol–water partition coefficient (Wildman–Crippen LogP) is 5.22. The molecule has 1 aliphatic carbocycles. The van der Waals surface area contributed by atoms with Gasteiger partial charge in [-0.15, -0.1) is 0 Å². The quantitative estimate of drug-likeness (QED) is 0.431. The Labute approximate surface area is 264 Å². The van der Waals surface area contributed by atoms with Gasteiger partial charge in [-0.25, -0.2) is 8.78 Å². The summed E-state index contributed by atoms with van der Waals surface area (Å²) in [5.41, 5.74) is 0.401. The zero-order valence-corrected chi connectivity index (χ0v) is 26.3. The van der Waals surface area contributed by atoms with E-state index >= 15 is 4.39 Å². The van der Waals surface area contributed by atoms with Crippen LogP contribution in [0.4, 0.5) is 14.5 Å². The number of alkyl halides is 1. The molecule has 1 amide bonds. The minimum Gasteiger partial charge on any atom is -0.497 e. The van der Waals surface area contributed by atoms with Crippen molar-refractivity contribution in [2.75, 3.05) is 58.4 Å². The summed E-state index contributed by atoms with van der Waals surface area (Å²) in [4.78, 5) is 31.7. The average molecular weight is 626 g/mol. The van der Waals surface area contributed by atoms with Crippen molar-refractivity contribution >= 4 is 17.6 Å². The molecular formula is C35H45F2N3O5. The minimum atomic E-state index is -2.08. The number of benzene rings is 2. The Morgan fingerprint density at radius 3 is 2.27 bits per heavy atom. The largest absolute Gasteiger partial charge is 0.497 e. The number of aliphatic carboxylic acids is 1. The summed E-state index contributed by atoms with van der Waals surface area (Å²) < 4.78 is 42.9. The summed E-state index contributed by atoms with van der Waals surface area (Å²) in [7, 11) is 3.34. The van der Waals surface area contributed by atoms with E-state index in [1.165, 1.54) is 12.1 Å². The van der Waals surface area contributed by atoms with Crippen molar-refractivity contribution in [2.45, 2.75) is 74.6 Å². The molecule has 0 unspecified atom stereocenters. The van der Waals surface area contributed by atoms with Crippen molar-refractivity contribution in [3.63, 3.8) is 0 Å². The van der Waals surface area contributed by atoms with Crippen LogP contribution < -0.4 is 9.64 Å². The van der Waals surface area contributed by atoms with Crippen LogP contribution in [0.25, 0.3) is 0 Å². The number of methoxy groups -OCH3 is 2. The standard InChI is InChI=1S/C35H45F2N3O5/c1-44-28-8-3-23(4-9-28)31-21-40(27-6-10-29(45-2)11-7-27)22-35(31,37)34(43)39-18-15-25(20-39)30-12-5-26(36)19-32(30)38-16-13-24(14-17-38)33(41)42/h3-5,8-9,12,19,24-25,27,29,31H,6-7,10-11,13-18,20-22H2,1-2H3,(H,41,42)/t25-,27-,29-,31+,35+/m1/s1. The topological polar surface area (TPSA) is 82.6 Å². The molecule has 6 rings (SSSR count). The van der Waals surface area contributed by atoms with E-state index in [4.69, 9.17) is 9.47 Å². The molecule has 0 bridgehead atoms. The van der Waals surface area contributed by atoms with Crippen LogP contribution in [0.2, 0.25) is 0 Å². The molecule has 3 aliphatic heterocycles. The Hall–Kier alpha value is -3.24. The number of amides is 1. The Balaban J connectivity index is 1.21. The number of hydrogen-bond donors (Lipinski definition) is 1. The summed E-state index contributed by atoms with van der Waals surface area (Å²) >= 11 is 0.